The van der Waals surface area contributed by atoms with Gasteiger partial charge in [0.25, 0.3) is 0 Å². The van der Waals surface area contributed by atoms with Crippen molar-refractivity contribution in [1.82, 2.24) is 4.31 Å². The van der Waals surface area contributed by atoms with E-state index in [-0.39, 0.29) is 27.8 Å². The summed E-state index contributed by atoms with van der Waals surface area (Å²) in [6.45, 7) is 0.453. The van der Waals surface area contributed by atoms with Crippen LogP contribution in [0.5, 0.6) is 5.75 Å². The smallest absolute Gasteiger partial charge is 0.243 e. The second kappa shape index (κ2) is 8.74. The SMILES string of the molecule is COc1ccc(S(=O)(=O)N2CCC[C@H](C(=O)Nc3ccc(C4(C#N)CC4)cc3)C2)cc1Cl. The zero-order valence-electron chi connectivity index (χ0n) is 17.7. The second-order valence-corrected chi connectivity index (χ2v) is 10.6. The Kier molecular flexibility index (Phi) is 6.17. The van der Waals surface area contributed by atoms with Crippen LogP contribution in [0.4, 0.5) is 5.69 Å². The largest absolute Gasteiger partial charge is 0.495 e. The minimum Gasteiger partial charge on any atom is -0.495 e. The van der Waals surface area contributed by atoms with E-state index >= 15 is 0 Å². The van der Waals surface area contributed by atoms with Gasteiger partial charge in [-0.05, 0) is 61.6 Å². The predicted octanol–water partition coefficient (Wildman–Crippen LogP) is 3.94. The summed E-state index contributed by atoms with van der Waals surface area (Å²) < 4.78 is 32.6. The molecular formula is C23H24ClN3O4S. The van der Waals surface area contributed by atoms with Crippen LogP contribution in [-0.2, 0) is 20.2 Å². The van der Waals surface area contributed by atoms with Gasteiger partial charge in [-0.15, -0.1) is 0 Å². The molecule has 1 N–H and O–H groups in total. The number of hydrogen-bond acceptors (Lipinski definition) is 5. The molecule has 9 heteroatoms. The number of carbonyl (C=O) groups is 1. The van der Waals surface area contributed by atoms with Crippen molar-refractivity contribution in [3.8, 4) is 11.8 Å². The Morgan fingerprint density at radius 1 is 1.25 bits per heavy atom. The molecule has 7 nitrogen and oxygen atoms in total. The molecule has 2 aromatic carbocycles. The normalized spacial score (nSPS) is 20.2. The molecule has 2 aromatic rings. The molecule has 2 aliphatic rings. The summed E-state index contributed by atoms with van der Waals surface area (Å²) in [5.74, 6) is -0.275. The van der Waals surface area contributed by atoms with Gasteiger partial charge in [-0.2, -0.15) is 9.57 Å². The zero-order valence-corrected chi connectivity index (χ0v) is 19.2. The lowest BCUT2D eigenvalue weighted by Crippen LogP contribution is -2.43. The van der Waals surface area contributed by atoms with Crippen LogP contribution in [0.25, 0.3) is 0 Å². The first-order valence-corrected chi connectivity index (χ1v) is 12.3. The number of sulfonamides is 1. The first kappa shape index (κ1) is 22.6. The van der Waals surface area contributed by atoms with Crippen LogP contribution in [-0.4, -0.2) is 38.8 Å². The van der Waals surface area contributed by atoms with Crippen LogP contribution in [0.1, 0.15) is 31.2 Å². The van der Waals surface area contributed by atoms with Crippen molar-refractivity contribution < 1.29 is 17.9 Å². The highest BCUT2D eigenvalue weighted by Crippen LogP contribution is 2.47. The molecule has 1 aliphatic heterocycles. The molecule has 0 spiro atoms. The minimum absolute atomic E-state index is 0.0754. The number of rotatable bonds is 6. The lowest BCUT2D eigenvalue weighted by molar-refractivity contribution is -0.120. The van der Waals surface area contributed by atoms with Crippen LogP contribution >= 0.6 is 11.6 Å². The maximum Gasteiger partial charge on any atom is 0.243 e. The van der Waals surface area contributed by atoms with E-state index in [4.69, 9.17) is 16.3 Å². The first-order chi connectivity index (χ1) is 15.3. The highest BCUT2D eigenvalue weighted by atomic mass is 35.5. The third-order valence-corrected chi connectivity index (χ3v) is 8.34. The lowest BCUT2D eigenvalue weighted by atomic mass is 9.97. The monoisotopic (exact) mass is 473 g/mol. The fourth-order valence-corrected chi connectivity index (χ4v) is 5.91. The van der Waals surface area contributed by atoms with Crippen molar-refractivity contribution in [2.75, 3.05) is 25.5 Å². The van der Waals surface area contributed by atoms with Crippen LogP contribution in [0.3, 0.4) is 0 Å². The van der Waals surface area contributed by atoms with Gasteiger partial charge in [-0.25, -0.2) is 8.42 Å². The predicted molar refractivity (Wildman–Crippen MR) is 121 cm³/mol. The van der Waals surface area contributed by atoms with Gasteiger partial charge in [0.15, 0.2) is 0 Å². The number of carbonyl (C=O) groups excluding carboxylic acids is 1. The van der Waals surface area contributed by atoms with Gasteiger partial charge in [-0.1, -0.05) is 23.7 Å². The quantitative estimate of drug-likeness (QED) is 0.684. The van der Waals surface area contributed by atoms with Crippen molar-refractivity contribution in [3.05, 3.63) is 53.1 Å². The van der Waals surface area contributed by atoms with E-state index in [1.54, 1.807) is 12.1 Å². The molecule has 168 valence electrons. The topological polar surface area (TPSA) is 99.5 Å². The molecule has 4 rings (SSSR count). The highest BCUT2D eigenvalue weighted by Gasteiger charge is 2.44. The number of methoxy groups -OCH3 is 1. The first-order valence-electron chi connectivity index (χ1n) is 10.5. The third-order valence-electron chi connectivity index (χ3n) is 6.18. The van der Waals surface area contributed by atoms with E-state index in [1.165, 1.54) is 29.6 Å². The van der Waals surface area contributed by atoms with E-state index in [0.29, 0.717) is 30.8 Å². The molecule has 0 aromatic heterocycles. The number of anilines is 1. The van der Waals surface area contributed by atoms with Crippen molar-refractivity contribution in [2.24, 2.45) is 5.92 Å². The fraction of sp³-hybridized carbons (Fsp3) is 0.391. The average molecular weight is 474 g/mol. The summed E-state index contributed by atoms with van der Waals surface area (Å²) in [4.78, 5) is 12.9. The molecule has 1 atom stereocenters. The van der Waals surface area contributed by atoms with Gasteiger partial charge in [0.05, 0.1) is 34.4 Å². The van der Waals surface area contributed by atoms with Crippen LogP contribution in [0, 0.1) is 17.2 Å². The molecule has 0 radical (unpaired) electrons. The number of nitrogens with zero attached hydrogens (tertiary/aromatic N) is 2. The lowest BCUT2D eigenvalue weighted by Gasteiger charge is -2.31. The van der Waals surface area contributed by atoms with Crippen molar-refractivity contribution >= 4 is 33.2 Å². The van der Waals surface area contributed by atoms with E-state index < -0.39 is 15.9 Å². The fourth-order valence-electron chi connectivity index (χ4n) is 4.04. The summed E-state index contributed by atoms with van der Waals surface area (Å²) in [6.07, 6.45) is 2.92. The van der Waals surface area contributed by atoms with Gasteiger partial charge in [-0.3, -0.25) is 4.79 Å². The van der Waals surface area contributed by atoms with E-state index in [9.17, 15) is 18.5 Å². The summed E-state index contributed by atoms with van der Waals surface area (Å²) in [7, 11) is -2.32. The highest BCUT2D eigenvalue weighted by molar-refractivity contribution is 7.89. The molecule has 1 aliphatic carbocycles. The summed E-state index contributed by atoms with van der Waals surface area (Å²) >= 11 is 6.11. The molecule has 0 unspecified atom stereocenters. The number of hydrogen-bond donors (Lipinski definition) is 1. The van der Waals surface area contributed by atoms with Crippen LogP contribution < -0.4 is 10.1 Å². The maximum absolute atomic E-state index is 13.1. The van der Waals surface area contributed by atoms with Gasteiger partial charge < -0.3 is 10.1 Å². The Hall–Kier alpha value is -2.60. The molecule has 1 saturated heterocycles. The Labute approximate surface area is 193 Å². The van der Waals surface area contributed by atoms with Crippen molar-refractivity contribution in [3.63, 3.8) is 0 Å². The summed E-state index contributed by atoms with van der Waals surface area (Å²) in [5, 5.41) is 12.4. The number of nitrogens with one attached hydrogen (secondary N) is 1. The van der Waals surface area contributed by atoms with Gasteiger partial charge in [0.1, 0.15) is 5.75 Å². The molecule has 0 bridgehead atoms. The van der Waals surface area contributed by atoms with E-state index in [0.717, 1.165) is 18.4 Å². The Morgan fingerprint density at radius 2 is 1.97 bits per heavy atom. The maximum atomic E-state index is 13.1. The molecule has 2 fully saturated rings. The third kappa shape index (κ3) is 4.33. The molecule has 1 heterocycles. The minimum atomic E-state index is -3.78. The van der Waals surface area contributed by atoms with E-state index in [1.807, 2.05) is 12.1 Å². The second-order valence-electron chi connectivity index (χ2n) is 8.26. The molecule has 32 heavy (non-hydrogen) atoms. The Bertz CT molecular complexity index is 1170. The van der Waals surface area contributed by atoms with Crippen molar-refractivity contribution in [2.45, 2.75) is 36.0 Å². The van der Waals surface area contributed by atoms with Gasteiger partial charge in [0.2, 0.25) is 15.9 Å². The summed E-state index contributed by atoms with van der Waals surface area (Å²) in [5.41, 5.74) is 1.23. The average Bonchev–Trinajstić information content (AvgIpc) is 3.61. The number of ether oxygens (including phenoxy) is 1. The number of nitriles is 1. The van der Waals surface area contributed by atoms with E-state index in [2.05, 4.69) is 11.4 Å². The Morgan fingerprint density at radius 3 is 2.56 bits per heavy atom. The Balaban J connectivity index is 1.43. The number of benzene rings is 2. The molecule has 1 saturated carbocycles. The number of piperidine rings is 1. The molecular weight excluding hydrogens is 450 g/mol. The van der Waals surface area contributed by atoms with Crippen LogP contribution in [0.15, 0.2) is 47.4 Å². The van der Waals surface area contributed by atoms with Gasteiger partial charge >= 0.3 is 0 Å². The standard InChI is InChI=1S/C23H24ClN3O4S/c1-31-21-9-8-19(13-20(21)24)32(29,30)27-12-2-3-16(14-27)22(28)26-18-6-4-17(5-7-18)23(15-25)10-11-23/h4-9,13,16H,2-3,10-12,14H2,1H3,(H,26,28)/t16-/m0/s1. The summed E-state index contributed by atoms with van der Waals surface area (Å²) in [6, 6.07) is 14.0. The molecule has 1 amide bonds. The number of amides is 1. The van der Waals surface area contributed by atoms with Crippen LogP contribution in [0.2, 0.25) is 5.02 Å². The zero-order chi connectivity index (χ0) is 22.9. The van der Waals surface area contributed by atoms with Crippen molar-refractivity contribution in [1.29, 1.82) is 5.26 Å². The van der Waals surface area contributed by atoms with Gasteiger partial charge in [0, 0.05) is 18.8 Å². The number of halogens is 1.